The summed E-state index contributed by atoms with van der Waals surface area (Å²) in [5.41, 5.74) is 2.05. The summed E-state index contributed by atoms with van der Waals surface area (Å²) in [6.07, 6.45) is 2.19. The summed E-state index contributed by atoms with van der Waals surface area (Å²) in [5.74, 6) is 0.0254. The third kappa shape index (κ3) is 4.13. The maximum absolute atomic E-state index is 11.8. The second-order valence-electron chi connectivity index (χ2n) is 4.82. The van der Waals surface area contributed by atoms with E-state index in [9.17, 15) is 4.79 Å². The quantitative estimate of drug-likeness (QED) is 0.751. The molecule has 18 heavy (non-hydrogen) atoms. The maximum atomic E-state index is 11.8. The van der Waals surface area contributed by atoms with Crippen molar-refractivity contribution in [2.45, 2.75) is 25.8 Å². The SMILES string of the molecule is Cc1ccc(NC(=O)CNC2CCNCC2)cc1. The molecule has 0 atom stereocenters. The molecule has 3 N–H and O–H groups in total. The fourth-order valence-electron chi connectivity index (χ4n) is 2.11. The zero-order valence-electron chi connectivity index (χ0n) is 10.8. The van der Waals surface area contributed by atoms with Crippen LogP contribution in [0, 0.1) is 6.92 Å². The van der Waals surface area contributed by atoms with Crippen molar-refractivity contribution in [1.29, 1.82) is 0 Å². The van der Waals surface area contributed by atoms with E-state index in [1.807, 2.05) is 31.2 Å². The largest absolute Gasteiger partial charge is 0.325 e. The third-order valence-corrected chi connectivity index (χ3v) is 3.23. The lowest BCUT2D eigenvalue weighted by Gasteiger charge is -2.23. The number of piperidine rings is 1. The lowest BCUT2D eigenvalue weighted by molar-refractivity contribution is -0.115. The molecule has 1 aliphatic heterocycles. The number of carbonyl (C=O) groups excluding carboxylic acids is 1. The van der Waals surface area contributed by atoms with Gasteiger partial charge in [-0.2, -0.15) is 0 Å². The first-order chi connectivity index (χ1) is 8.74. The molecule has 0 spiro atoms. The smallest absolute Gasteiger partial charge is 0.238 e. The molecule has 1 aromatic rings. The second kappa shape index (κ2) is 6.52. The molecule has 1 fully saturated rings. The monoisotopic (exact) mass is 247 g/mol. The van der Waals surface area contributed by atoms with Gasteiger partial charge in [-0.25, -0.2) is 0 Å². The molecule has 0 radical (unpaired) electrons. The third-order valence-electron chi connectivity index (χ3n) is 3.23. The van der Waals surface area contributed by atoms with Crippen LogP contribution in [0.4, 0.5) is 5.69 Å². The van der Waals surface area contributed by atoms with Crippen LogP contribution in [-0.2, 0) is 4.79 Å². The van der Waals surface area contributed by atoms with Crippen molar-refractivity contribution >= 4 is 11.6 Å². The summed E-state index contributed by atoms with van der Waals surface area (Å²) < 4.78 is 0. The molecule has 0 unspecified atom stereocenters. The van der Waals surface area contributed by atoms with Crippen molar-refractivity contribution in [2.24, 2.45) is 0 Å². The van der Waals surface area contributed by atoms with E-state index in [-0.39, 0.29) is 5.91 Å². The number of nitrogens with one attached hydrogen (secondary N) is 3. The highest BCUT2D eigenvalue weighted by atomic mass is 16.1. The van der Waals surface area contributed by atoms with Gasteiger partial charge in [0.1, 0.15) is 0 Å². The second-order valence-corrected chi connectivity index (χ2v) is 4.82. The number of carbonyl (C=O) groups is 1. The van der Waals surface area contributed by atoms with Crippen LogP contribution in [0.2, 0.25) is 0 Å². The summed E-state index contributed by atoms with van der Waals surface area (Å²) in [5, 5.41) is 9.50. The molecule has 1 saturated heterocycles. The van der Waals surface area contributed by atoms with Crippen LogP contribution in [0.25, 0.3) is 0 Å². The number of rotatable bonds is 4. The van der Waals surface area contributed by atoms with Gasteiger partial charge in [-0.05, 0) is 45.0 Å². The Morgan fingerprint density at radius 3 is 2.61 bits per heavy atom. The molecule has 1 aromatic carbocycles. The first kappa shape index (κ1) is 13.1. The van der Waals surface area contributed by atoms with Crippen LogP contribution >= 0.6 is 0 Å². The summed E-state index contributed by atoms with van der Waals surface area (Å²) >= 11 is 0. The van der Waals surface area contributed by atoms with Gasteiger partial charge in [-0.1, -0.05) is 17.7 Å². The zero-order chi connectivity index (χ0) is 12.8. The average molecular weight is 247 g/mol. The van der Waals surface area contributed by atoms with Crippen LogP contribution in [0.15, 0.2) is 24.3 Å². The number of hydrogen-bond acceptors (Lipinski definition) is 3. The van der Waals surface area contributed by atoms with Gasteiger partial charge in [0.15, 0.2) is 0 Å². The highest BCUT2D eigenvalue weighted by molar-refractivity contribution is 5.92. The van der Waals surface area contributed by atoms with Gasteiger partial charge >= 0.3 is 0 Å². The first-order valence-electron chi connectivity index (χ1n) is 6.54. The number of benzene rings is 1. The Hall–Kier alpha value is -1.39. The van der Waals surface area contributed by atoms with Crippen LogP contribution in [0.3, 0.4) is 0 Å². The van der Waals surface area contributed by atoms with E-state index in [4.69, 9.17) is 0 Å². The molecular weight excluding hydrogens is 226 g/mol. The Morgan fingerprint density at radius 1 is 1.28 bits per heavy atom. The van der Waals surface area contributed by atoms with Gasteiger partial charge in [0.2, 0.25) is 5.91 Å². The van der Waals surface area contributed by atoms with Gasteiger partial charge in [0, 0.05) is 11.7 Å². The van der Waals surface area contributed by atoms with E-state index in [0.717, 1.165) is 31.6 Å². The Balaban J connectivity index is 1.73. The molecule has 4 nitrogen and oxygen atoms in total. The van der Waals surface area contributed by atoms with Gasteiger partial charge < -0.3 is 16.0 Å². The van der Waals surface area contributed by atoms with Crippen molar-refractivity contribution in [2.75, 3.05) is 25.0 Å². The standard InChI is InChI=1S/C14H21N3O/c1-11-2-4-13(5-3-11)17-14(18)10-16-12-6-8-15-9-7-12/h2-5,12,15-16H,6-10H2,1H3,(H,17,18). The highest BCUT2D eigenvalue weighted by Gasteiger charge is 2.13. The lowest BCUT2D eigenvalue weighted by Crippen LogP contribution is -2.42. The summed E-state index contributed by atoms with van der Waals surface area (Å²) in [6, 6.07) is 8.32. The minimum Gasteiger partial charge on any atom is -0.325 e. The number of anilines is 1. The first-order valence-corrected chi connectivity index (χ1v) is 6.54. The molecule has 1 heterocycles. The van der Waals surface area contributed by atoms with Crippen molar-refractivity contribution in [3.63, 3.8) is 0 Å². The normalized spacial score (nSPS) is 16.5. The minimum atomic E-state index is 0.0254. The van der Waals surface area contributed by atoms with Gasteiger partial charge in [-0.3, -0.25) is 4.79 Å². The molecule has 4 heteroatoms. The van der Waals surface area contributed by atoms with Crippen LogP contribution in [-0.4, -0.2) is 31.6 Å². The number of hydrogen-bond donors (Lipinski definition) is 3. The van der Waals surface area contributed by atoms with Crippen molar-refractivity contribution < 1.29 is 4.79 Å². The number of aryl methyl sites for hydroxylation is 1. The average Bonchev–Trinajstić information content (AvgIpc) is 2.40. The summed E-state index contributed by atoms with van der Waals surface area (Å²) in [4.78, 5) is 11.8. The molecule has 2 rings (SSSR count). The Morgan fingerprint density at radius 2 is 1.94 bits per heavy atom. The van der Waals surface area contributed by atoms with Crippen LogP contribution in [0.1, 0.15) is 18.4 Å². The maximum Gasteiger partial charge on any atom is 0.238 e. The van der Waals surface area contributed by atoms with E-state index in [1.165, 1.54) is 5.56 Å². The minimum absolute atomic E-state index is 0.0254. The van der Waals surface area contributed by atoms with E-state index < -0.39 is 0 Å². The molecule has 0 bridgehead atoms. The molecule has 98 valence electrons. The Kier molecular flexibility index (Phi) is 4.73. The Labute approximate surface area is 108 Å². The number of amides is 1. The Bertz CT molecular complexity index is 383. The fourth-order valence-corrected chi connectivity index (χ4v) is 2.11. The van der Waals surface area contributed by atoms with Crippen molar-refractivity contribution in [3.05, 3.63) is 29.8 Å². The topological polar surface area (TPSA) is 53.2 Å². The van der Waals surface area contributed by atoms with E-state index >= 15 is 0 Å². The van der Waals surface area contributed by atoms with E-state index in [1.54, 1.807) is 0 Å². The zero-order valence-corrected chi connectivity index (χ0v) is 10.8. The molecular formula is C14H21N3O. The lowest BCUT2D eigenvalue weighted by atomic mass is 10.1. The summed E-state index contributed by atoms with van der Waals surface area (Å²) in [6.45, 7) is 4.50. The molecule has 0 aromatic heterocycles. The molecule has 1 amide bonds. The van der Waals surface area contributed by atoms with Gasteiger partial charge in [0.05, 0.1) is 6.54 Å². The summed E-state index contributed by atoms with van der Waals surface area (Å²) in [7, 11) is 0. The van der Waals surface area contributed by atoms with Crippen molar-refractivity contribution in [3.8, 4) is 0 Å². The van der Waals surface area contributed by atoms with Gasteiger partial charge in [0.25, 0.3) is 0 Å². The predicted molar refractivity (Wildman–Crippen MR) is 73.7 cm³/mol. The van der Waals surface area contributed by atoms with E-state index in [2.05, 4.69) is 16.0 Å². The predicted octanol–water partition coefficient (Wildman–Crippen LogP) is 1.28. The highest BCUT2D eigenvalue weighted by Crippen LogP contribution is 2.08. The van der Waals surface area contributed by atoms with Crippen LogP contribution in [0.5, 0.6) is 0 Å². The fraction of sp³-hybridized carbons (Fsp3) is 0.500. The molecule has 0 aliphatic carbocycles. The van der Waals surface area contributed by atoms with Crippen molar-refractivity contribution in [1.82, 2.24) is 10.6 Å². The van der Waals surface area contributed by atoms with Crippen LogP contribution < -0.4 is 16.0 Å². The van der Waals surface area contributed by atoms with E-state index in [0.29, 0.717) is 12.6 Å². The molecule has 1 aliphatic rings. The molecule has 0 saturated carbocycles. The van der Waals surface area contributed by atoms with Gasteiger partial charge in [-0.15, -0.1) is 0 Å².